The van der Waals surface area contributed by atoms with Crippen LogP contribution in [0.3, 0.4) is 0 Å². The molecule has 0 spiro atoms. The van der Waals surface area contributed by atoms with Crippen LogP contribution in [0.2, 0.25) is 0 Å². The molecule has 2 aromatic rings. The third-order valence-electron chi connectivity index (χ3n) is 6.17. The highest BCUT2D eigenvalue weighted by atomic mass is 19.1. The Bertz CT molecular complexity index is 881. The van der Waals surface area contributed by atoms with E-state index in [1.165, 1.54) is 24.4 Å². The van der Waals surface area contributed by atoms with Crippen molar-refractivity contribution < 1.29 is 13.6 Å². The number of aromatic nitrogens is 1. The standard InChI is InChI=1S/C24H32F2N4O/c1-18(22-21(26)9-6-11-27-22)23(31)28-17-24(2,3)30-15-13-29(14-16-30)12-10-19-7-4-5-8-20(19)25/h4-9,11,18H,10,12-17H2,1-3H3,(H,28,31). The molecule has 1 aliphatic heterocycles. The van der Waals surface area contributed by atoms with Crippen LogP contribution >= 0.6 is 0 Å². The van der Waals surface area contributed by atoms with Gasteiger partial charge in [0.05, 0.1) is 11.6 Å². The Balaban J connectivity index is 1.45. The zero-order valence-electron chi connectivity index (χ0n) is 18.6. The predicted molar refractivity (Wildman–Crippen MR) is 118 cm³/mol. The number of nitrogens with zero attached hydrogens (tertiary/aromatic N) is 3. The maximum atomic E-state index is 13.9. The molecule has 0 radical (unpaired) electrons. The molecule has 31 heavy (non-hydrogen) atoms. The molecule has 2 heterocycles. The number of rotatable bonds is 8. The first-order valence-electron chi connectivity index (χ1n) is 10.9. The molecule has 1 atom stereocenters. The lowest BCUT2D eigenvalue weighted by molar-refractivity contribution is -0.123. The molecular weight excluding hydrogens is 398 g/mol. The topological polar surface area (TPSA) is 48.5 Å². The molecule has 1 unspecified atom stereocenters. The molecule has 1 N–H and O–H groups in total. The first kappa shape index (κ1) is 23.3. The van der Waals surface area contributed by atoms with Crippen LogP contribution < -0.4 is 5.32 Å². The zero-order chi connectivity index (χ0) is 22.4. The van der Waals surface area contributed by atoms with E-state index in [4.69, 9.17) is 0 Å². The van der Waals surface area contributed by atoms with Crippen molar-refractivity contribution in [1.82, 2.24) is 20.1 Å². The largest absolute Gasteiger partial charge is 0.354 e. The monoisotopic (exact) mass is 430 g/mol. The van der Waals surface area contributed by atoms with Crippen LogP contribution in [0, 0.1) is 11.6 Å². The van der Waals surface area contributed by atoms with E-state index in [2.05, 4.69) is 33.9 Å². The van der Waals surface area contributed by atoms with E-state index < -0.39 is 11.7 Å². The van der Waals surface area contributed by atoms with Gasteiger partial charge in [-0.25, -0.2) is 8.78 Å². The smallest absolute Gasteiger partial charge is 0.229 e. The fourth-order valence-electron chi connectivity index (χ4n) is 3.97. The van der Waals surface area contributed by atoms with Crippen LogP contribution in [0.25, 0.3) is 0 Å². The van der Waals surface area contributed by atoms with E-state index in [0.29, 0.717) is 13.0 Å². The molecule has 1 aromatic heterocycles. The summed E-state index contributed by atoms with van der Waals surface area (Å²) in [5.41, 5.74) is 0.697. The van der Waals surface area contributed by atoms with Gasteiger partial charge in [-0.3, -0.25) is 14.7 Å². The Morgan fingerprint density at radius 3 is 2.45 bits per heavy atom. The van der Waals surface area contributed by atoms with Gasteiger partial charge in [-0.2, -0.15) is 0 Å². The van der Waals surface area contributed by atoms with Gasteiger partial charge in [-0.1, -0.05) is 18.2 Å². The average molecular weight is 431 g/mol. The van der Waals surface area contributed by atoms with Crippen molar-refractivity contribution in [3.05, 3.63) is 65.5 Å². The molecule has 7 heteroatoms. The van der Waals surface area contributed by atoms with Gasteiger partial charge in [0.1, 0.15) is 11.6 Å². The molecule has 1 fully saturated rings. The number of carbonyl (C=O) groups excluding carboxylic acids is 1. The van der Waals surface area contributed by atoms with Crippen molar-refractivity contribution in [2.24, 2.45) is 0 Å². The van der Waals surface area contributed by atoms with Crippen molar-refractivity contribution in [3.8, 4) is 0 Å². The summed E-state index contributed by atoms with van der Waals surface area (Å²) in [5.74, 6) is -1.48. The summed E-state index contributed by atoms with van der Waals surface area (Å²) >= 11 is 0. The van der Waals surface area contributed by atoms with Gasteiger partial charge in [0.15, 0.2) is 0 Å². The lowest BCUT2D eigenvalue weighted by atomic mass is 10.00. The second-order valence-corrected chi connectivity index (χ2v) is 8.79. The molecule has 0 aliphatic carbocycles. The summed E-state index contributed by atoms with van der Waals surface area (Å²) in [6.07, 6.45) is 2.20. The van der Waals surface area contributed by atoms with Crippen LogP contribution in [-0.2, 0) is 11.2 Å². The molecule has 0 saturated carbocycles. The van der Waals surface area contributed by atoms with E-state index in [-0.39, 0.29) is 23.0 Å². The Kier molecular flexibility index (Phi) is 7.73. The number of benzene rings is 1. The van der Waals surface area contributed by atoms with Gasteiger partial charge in [-0.15, -0.1) is 0 Å². The van der Waals surface area contributed by atoms with Crippen LogP contribution in [0.4, 0.5) is 8.78 Å². The number of carbonyl (C=O) groups is 1. The Labute approximate surface area is 183 Å². The number of amides is 1. The molecule has 0 bridgehead atoms. The van der Waals surface area contributed by atoms with E-state index >= 15 is 0 Å². The van der Waals surface area contributed by atoms with Gasteiger partial charge >= 0.3 is 0 Å². The van der Waals surface area contributed by atoms with Crippen LogP contribution in [0.15, 0.2) is 42.6 Å². The summed E-state index contributed by atoms with van der Waals surface area (Å²) in [7, 11) is 0. The van der Waals surface area contributed by atoms with Crippen LogP contribution in [0.1, 0.15) is 37.9 Å². The minimum atomic E-state index is -0.646. The highest BCUT2D eigenvalue weighted by molar-refractivity contribution is 5.82. The summed E-state index contributed by atoms with van der Waals surface area (Å²) < 4.78 is 27.7. The highest BCUT2D eigenvalue weighted by Crippen LogP contribution is 2.19. The second kappa shape index (κ2) is 10.3. The number of nitrogens with one attached hydrogen (secondary N) is 1. The van der Waals surface area contributed by atoms with Crippen LogP contribution in [0.5, 0.6) is 0 Å². The number of halogens is 2. The van der Waals surface area contributed by atoms with Crippen molar-refractivity contribution in [1.29, 1.82) is 0 Å². The fourth-order valence-corrected chi connectivity index (χ4v) is 3.97. The Hall–Kier alpha value is -2.38. The van der Waals surface area contributed by atoms with Gasteiger partial charge in [-0.05, 0) is 51.0 Å². The summed E-state index contributed by atoms with van der Waals surface area (Å²) in [6.45, 7) is 10.8. The quantitative estimate of drug-likeness (QED) is 0.699. The third-order valence-corrected chi connectivity index (χ3v) is 6.17. The molecule has 1 aliphatic rings. The van der Waals surface area contributed by atoms with Gasteiger partial charge < -0.3 is 10.2 Å². The molecular formula is C24H32F2N4O. The molecule has 168 valence electrons. The SMILES string of the molecule is CC(C(=O)NCC(C)(C)N1CCN(CCc2ccccc2F)CC1)c1ncccc1F. The van der Waals surface area contributed by atoms with E-state index in [0.717, 1.165) is 38.3 Å². The Morgan fingerprint density at radius 1 is 1.10 bits per heavy atom. The summed E-state index contributed by atoms with van der Waals surface area (Å²) in [5, 5.41) is 2.97. The minimum absolute atomic E-state index is 0.141. The van der Waals surface area contributed by atoms with E-state index in [1.807, 2.05) is 12.1 Å². The first-order chi connectivity index (χ1) is 14.8. The molecule has 3 rings (SSSR count). The van der Waals surface area contributed by atoms with Gasteiger partial charge in [0.2, 0.25) is 5.91 Å². The third kappa shape index (κ3) is 6.08. The fraction of sp³-hybridized carbons (Fsp3) is 0.500. The van der Waals surface area contributed by atoms with Crippen molar-refractivity contribution >= 4 is 5.91 Å². The normalized spacial score (nSPS) is 16.8. The highest BCUT2D eigenvalue weighted by Gasteiger charge is 2.31. The number of hydrogen-bond donors (Lipinski definition) is 1. The van der Waals surface area contributed by atoms with Crippen molar-refractivity contribution in [3.63, 3.8) is 0 Å². The number of hydrogen-bond acceptors (Lipinski definition) is 4. The first-order valence-corrected chi connectivity index (χ1v) is 10.9. The maximum Gasteiger partial charge on any atom is 0.229 e. The van der Waals surface area contributed by atoms with Gasteiger partial charge in [0, 0.05) is 51.0 Å². The van der Waals surface area contributed by atoms with Crippen molar-refractivity contribution in [2.75, 3.05) is 39.3 Å². The zero-order valence-corrected chi connectivity index (χ0v) is 18.6. The van der Waals surface area contributed by atoms with Gasteiger partial charge in [0.25, 0.3) is 0 Å². The molecule has 1 saturated heterocycles. The second-order valence-electron chi connectivity index (χ2n) is 8.79. The summed E-state index contributed by atoms with van der Waals surface area (Å²) in [4.78, 5) is 21.3. The summed E-state index contributed by atoms with van der Waals surface area (Å²) in [6, 6.07) is 9.77. The van der Waals surface area contributed by atoms with Crippen LogP contribution in [-0.4, -0.2) is 65.5 Å². The Morgan fingerprint density at radius 2 is 1.77 bits per heavy atom. The van der Waals surface area contributed by atoms with E-state index in [1.54, 1.807) is 13.0 Å². The maximum absolute atomic E-state index is 13.9. The van der Waals surface area contributed by atoms with Crippen molar-refractivity contribution in [2.45, 2.75) is 38.6 Å². The minimum Gasteiger partial charge on any atom is -0.354 e. The predicted octanol–water partition coefficient (Wildman–Crippen LogP) is 3.22. The molecule has 5 nitrogen and oxygen atoms in total. The number of pyridine rings is 1. The number of piperazine rings is 1. The van der Waals surface area contributed by atoms with E-state index in [9.17, 15) is 13.6 Å². The average Bonchev–Trinajstić information content (AvgIpc) is 2.77. The molecule has 1 amide bonds. The lowest BCUT2D eigenvalue weighted by Crippen LogP contribution is -2.58. The lowest BCUT2D eigenvalue weighted by Gasteiger charge is -2.44. The molecule has 1 aromatic carbocycles.